The number of piperidine rings is 1. The maximum atomic E-state index is 12.4. The molecule has 2 amide bonds. The molecule has 1 unspecified atom stereocenters. The third-order valence-electron chi connectivity index (χ3n) is 4.42. The minimum atomic E-state index is -0.845. The van der Waals surface area contributed by atoms with E-state index in [1.165, 1.54) is 0 Å². The Kier molecular flexibility index (Phi) is 4.86. The summed E-state index contributed by atoms with van der Waals surface area (Å²) in [6.07, 6.45) is 6.46. The Morgan fingerprint density at radius 1 is 1.25 bits per heavy atom. The molecule has 0 bridgehead atoms. The van der Waals surface area contributed by atoms with Crippen LogP contribution in [0, 0.1) is 0 Å². The molecule has 0 radical (unpaired) electrons. The molecule has 1 atom stereocenters. The molecule has 6 heteroatoms. The molecule has 1 aliphatic heterocycles. The highest BCUT2D eigenvalue weighted by molar-refractivity contribution is 5.77. The number of amides is 2. The fourth-order valence-corrected chi connectivity index (χ4v) is 3.36. The van der Waals surface area contributed by atoms with Gasteiger partial charge < -0.3 is 21.1 Å². The summed E-state index contributed by atoms with van der Waals surface area (Å²) in [5.41, 5.74) is 5.33. The van der Waals surface area contributed by atoms with E-state index in [0.29, 0.717) is 13.1 Å². The van der Waals surface area contributed by atoms with Crippen molar-refractivity contribution >= 4 is 12.0 Å². The van der Waals surface area contributed by atoms with Gasteiger partial charge in [0, 0.05) is 19.1 Å². The van der Waals surface area contributed by atoms with E-state index < -0.39 is 11.5 Å². The first-order valence-electron chi connectivity index (χ1n) is 7.55. The van der Waals surface area contributed by atoms with Crippen molar-refractivity contribution in [1.82, 2.24) is 10.2 Å². The van der Waals surface area contributed by atoms with Gasteiger partial charge in [-0.15, -0.1) is 0 Å². The minimum Gasteiger partial charge on any atom is -0.481 e. The Balaban J connectivity index is 1.99. The molecule has 20 heavy (non-hydrogen) atoms. The van der Waals surface area contributed by atoms with Crippen molar-refractivity contribution in [1.29, 1.82) is 0 Å². The lowest BCUT2D eigenvalue weighted by Gasteiger charge is -2.40. The molecule has 4 N–H and O–H groups in total. The van der Waals surface area contributed by atoms with Crippen molar-refractivity contribution in [3.05, 3.63) is 0 Å². The molecular weight excluding hydrogens is 258 g/mol. The zero-order chi connectivity index (χ0) is 14.6. The zero-order valence-electron chi connectivity index (χ0n) is 11.9. The number of nitrogens with zero attached hydrogens (tertiary/aromatic N) is 1. The second-order valence-corrected chi connectivity index (χ2v) is 6.19. The van der Waals surface area contributed by atoms with Crippen LogP contribution in [-0.2, 0) is 4.79 Å². The third-order valence-corrected chi connectivity index (χ3v) is 4.42. The van der Waals surface area contributed by atoms with Gasteiger partial charge in [0.25, 0.3) is 0 Å². The van der Waals surface area contributed by atoms with Crippen LogP contribution in [0.1, 0.15) is 51.4 Å². The first-order chi connectivity index (χ1) is 9.51. The van der Waals surface area contributed by atoms with Crippen LogP contribution >= 0.6 is 0 Å². The summed E-state index contributed by atoms with van der Waals surface area (Å²) in [4.78, 5) is 25.2. The normalized spacial score (nSPS) is 26.1. The van der Waals surface area contributed by atoms with Crippen LogP contribution < -0.4 is 11.1 Å². The standard InChI is InChI=1S/C14H25N3O3/c15-11-5-4-8-17(10-11)13(20)16-14(9-12(18)19)6-2-1-3-7-14/h11H,1-10,15H2,(H,16,20)(H,18,19). The van der Waals surface area contributed by atoms with Gasteiger partial charge in [0.05, 0.1) is 12.0 Å². The average Bonchev–Trinajstić information content (AvgIpc) is 2.38. The summed E-state index contributed by atoms with van der Waals surface area (Å²) < 4.78 is 0. The number of rotatable bonds is 3. The number of carboxylic acids is 1. The molecule has 2 fully saturated rings. The maximum Gasteiger partial charge on any atom is 0.317 e. The zero-order valence-corrected chi connectivity index (χ0v) is 11.9. The van der Waals surface area contributed by atoms with E-state index in [1.807, 2.05) is 0 Å². The summed E-state index contributed by atoms with van der Waals surface area (Å²) in [7, 11) is 0. The topological polar surface area (TPSA) is 95.7 Å². The van der Waals surface area contributed by atoms with Gasteiger partial charge in [0.1, 0.15) is 0 Å². The Bertz CT molecular complexity index is 367. The molecule has 114 valence electrons. The minimum absolute atomic E-state index is 0.0125. The number of hydrogen-bond acceptors (Lipinski definition) is 3. The van der Waals surface area contributed by atoms with Gasteiger partial charge in [0.2, 0.25) is 0 Å². The number of aliphatic carboxylic acids is 1. The molecule has 0 aromatic heterocycles. The molecule has 0 aromatic rings. The fourth-order valence-electron chi connectivity index (χ4n) is 3.36. The van der Waals surface area contributed by atoms with Gasteiger partial charge in [-0.1, -0.05) is 19.3 Å². The predicted molar refractivity (Wildman–Crippen MR) is 75.4 cm³/mol. The van der Waals surface area contributed by atoms with E-state index in [4.69, 9.17) is 10.8 Å². The highest BCUT2D eigenvalue weighted by Gasteiger charge is 2.37. The summed E-state index contributed by atoms with van der Waals surface area (Å²) in [5, 5.41) is 12.1. The number of carbonyl (C=O) groups excluding carboxylic acids is 1. The largest absolute Gasteiger partial charge is 0.481 e. The molecule has 2 aliphatic rings. The molecule has 1 aliphatic carbocycles. The molecule has 6 nitrogen and oxygen atoms in total. The molecule has 0 spiro atoms. The van der Waals surface area contributed by atoms with Crippen molar-refractivity contribution in [2.24, 2.45) is 5.73 Å². The van der Waals surface area contributed by atoms with Crippen molar-refractivity contribution in [2.75, 3.05) is 13.1 Å². The third kappa shape index (κ3) is 3.85. The SMILES string of the molecule is NC1CCCN(C(=O)NC2(CC(=O)O)CCCCC2)C1. The van der Waals surface area contributed by atoms with Crippen LogP contribution in [-0.4, -0.2) is 46.7 Å². The Hall–Kier alpha value is -1.30. The predicted octanol–water partition coefficient (Wildman–Crippen LogP) is 1.30. The second kappa shape index (κ2) is 6.43. The Morgan fingerprint density at radius 3 is 2.55 bits per heavy atom. The fraction of sp³-hybridized carbons (Fsp3) is 0.857. The number of urea groups is 1. The highest BCUT2D eigenvalue weighted by Crippen LogP contribution is 2.31. The first-order valence-corrected chi connectivity index (χ1v) is 7.55. The second-order valence-electron chi connectivity index (χ2n) is 6.19. The molecular formula is C14H25N3O3. The van der Waals surface area contributed by atoms with Crippen LogP contribution in [0.5, 0.6) is 0 Å². The van der Waals surface area contributed by atoms with Gasteiger partial charge in [-0.05, 0) is 25.7 Å². The molecule has 0 aromatic carbocycles. The summed E-state index contributed by atoms with van der Waals surface area (Å²) in [5.74, 6) is -0.845. The average molecular weight is 283 g/mol. The molecule has 1 saturated carbocycles. The lowest BCUT2D eigenvalue weighted by atomic mass is 9.79. The number of carbonyl (C=O) groups is 2. The van der Waals surface area contributed by atoms with Crippen molar-refractivity contribution in [2.45, 2.75) is 62.9 Å². The van der Waals surface area contributed by atoms with E-state index in [2.05, 4.69) is 5.32 Å². The smallest absolute Gasteiger partial charge is 0.317 e. The first kappa shape index (κ1) is 15.1. The molecule has 2 rings (SSSR count). The van der Waals surface area contributed by atoms with Crippen LogP contribution in [0.3, 0.4) is 0 Å². The van der Waals surface area contributed by atoms with E-state index in [1.54, 1.807) is 4.90 Å². The molecule has 1 heterocycles. The monoisotopic (exact) mass is 283 g/mol. The van der Waals surface area contributed by atoms with Crippen molar-refractivity contribution in [3.63, 3.8) is 0 Å². The van der Waals surface area contributed by atoms with Gasteiger partial charge >= 0.3 is 12.0 Å². The van der Waals surface area contributed by atoms with Crippen LogP contribution in [0.15, 0.2) is 0 Å². The van der Waals surface area contributed by atoms with Crippen LogP contribution in [0.25, 0.3) is 0 Å². The van der Waals surface area contributed by atoms with Crippen molar-refractivity contribution in [3.8, 4) is 0 Å². The van der Waals surface area contributed by atoms with E-state index in [9.17, 15) is 9.59 Å². The summed E-state index contributed by atoms with van der Waals surface area (Å²) in [6, 6.07) is -0.112. The highest BCUT2D eigenvalue weighted by atomic mass is 16.4. The maximum absolute atomic E-state index is 12.4. The Morgan fingerprint density at radius 2 is 1.95 bits per heavy atom. The van der Waals surface area contributed by atoms with E-state index >= 15 is 0 Å². The lowest BCUT2D eigenvalue weighted by molar-refractivity contribution is -0.139. The summed E-state index contributed by atoms with van der Waals surface area (Å²) >= 11 is 0. The van der Waals surface area contributed by atoms with E-state index in [-0.39, 0.29) is 18.5 Å². The van der Waals surface area contributed by atoms with Gasteiger partial charge in [-0.3, -0.25) is 4.79 Å². The quantitative estimate of drug-likeness (QED) is 0.727. The number of likely N-dealkylation sites (tertiary alicyclic amines) is 1. The van der Waals surface area contributed by atoms with Gasteiger partial charge in [-0.2, -0.15) is 0 Å². The van der Waals surface area contributed by atoms with Crippen molar-refractivity contribution < 1.29 is 14.7 Å². The van der Waals surface area contributed by atoms with Crippen LogP contribution in [0.2, 0.25) is 0 Å². The number of carboxylic acid groups (broad SMARTS) is 1. The van der Waals surface area contributed by atoms with Crippen LogP contribution in [0.4, 0.5) is 4.79 Å². The Labute approximate surface area is 119 Å². The lowest BCUT2D eigenvalue weighted by Crippen LogP contribution is -2.57. The number of nitrogens with one attached hydrogen (secondary N) is 1. The number of nitrogens with two attached hydrogens (primary N) is 1. The summed E-state index contributed by atoms with van der Waals surface area (Å²) in [6.45, 7) is 1.28. The molecule has 1 saturated heterocycles. The van der Waals surface area contributed by atoms with Gasteiger partial charge in [0.15, 0.2) is 0 Å². The van der Waals surface area contributed by atoms with Gasteiger partial charge in [-0.25, -0.2) is 4.79 Å². The van der Waals surface area contributed by atoms with E-state index in [0.717, 1.165) is 44.9 Å². The number of hydrogen-bond donors (Lipinski definition) is 3.